The van der Waals surface area contributed by atoms with E-state index in [2.05, 4.69) is 20.8 Å². The molecular formula is C28H52Na2O7S. The average Bonchev–Trinajstić information content (AvgIpc) is 2.80. The number of hydrogen-bond acceptors (Lipinski definition) is 6. The fourth-order valence-corrected chi connectivity index (χ4v) is 6.88. The van der Waals surface area contributed by atoms with Crippen LogP contribution in [-0.2, 0) is 19.7 Å². The molecule has 38 heavy (non-hydrogen) atoms. The van der Waals surface area contributed by atoms with E-state index in [1.54, 1.807) is 0 Å². The Labute approximate surface area is 277 Å². The molecule has 0 fully saturated rings. The first-order valence-corrected chi connectivity index (χ1v) is 15.9. The van der Waals surface area contributed by atoms with E-state index in [0.29, 0.717) is 32.1 Å². The van der Waals surface area contributed by atoms with Gasteiger partial charge >= 0.3 is 59.1 Å². The largest absolute Gasteiger partial charge is 1.00 e. The molecule has 0 saturated carbocycles. The fourth-order valence-electron chi connectivity index (χ4n) is 5.48. The second kappa shape index (κ2) is 24.4. The summed E-state index contributed by atoms with van der Waals surface area (Å²) >= 11 is 0. The van der Waals surface area contributed by atoms with Crippen LogP contribution >= 0.6 is 0 Å². The van der Waals surface area contributed by atoms with Crippen molar-refractivity contribution in [3.05, 3.63) is 0 Å². The van der Waals surface area contributed by atoms with Gasteiger partial charge in [0, 0.05) is 11.4 Å². The Bertz CT molecular complexity index is 700. The molecule has 0 amide bonds. The molecule has 0 heterocycles. The van der Waals surface area contributed by atoms with E-state index in [1.165, 1.54) is 0 Å². The molecule has 0 spiro atoms. The van der Waals surface area contributed by atoms with Gasteiger partial charge in [-0.05, 0) is 19.3 Å². The number of unbranched alkanes of at least 4 members (excludes halogenated alkanes) is 15. The molecule has 7 nitrogen and oxygen atoms in total. The van der Waals surface area contributed by atoms with Crippen molar-refractivity contribution < 1.29 is 91.9 Å². The zero-order chi connectivity index (χ0) is 27.5. The van der Waals surface area contributed by atoms with E-state index in [1.807, 2.05) is 0 Å². The van der Waals surface area contributed by atoms with Gasteiger partial charge < -0.3 is 19.8 Å². The molecule has 0 radical (unpaired) electrons. The maximum absolute atomic E-state index is 12.8. The minimum absolute atomic E-state index is 0. The van der Waals surface area contributed by atoms with Gasteiger partial charge in [0.2, 0.25) is 0 Å². The molecule has 214 valence electrons. The predicted molar refractivity (Wildman–Crippen MR) is 141 cm³/mol. The summed E-state index contributed by atoms with van der Waals surface area (Å²) in [5.41, 5.74) is -2.24. The van der Waals surface area contributed by atoms with Crippen molar-refractivity contribution in [3.63, 3.8) is 0 Å². The van der Waals surface area contributed by atoms with E-state index in [9.17, 15) is 32.8 Å². The summed E-state index contributed by atoms with van der Waals surface area (Å²) in [5.74, 6) is -3.74. The van der Waals surface area contributed by atoms with Crippen LogP contribution in [0.3, 0.4) is 0 Å². The third-order valence-corrected chi connectivity index (χ3v) is 9.37. The quantitative estimate of drug-likeness (QED) is 0.0865. The molecule has 0 aromatic rings. The number of rotatable bonds is 25. The molecule has 0 saturated heterocycles. The fraction of sp³-hybridized carbons (Fsp3) is 0.929. The van der Waals surface area contributed by atoms with Crippen molar-refractivity contribution in [3.8, 4) is 0 Å². The van der Waals surface area contributed by atoms with E-state index in [-0.39, 0.29) is 78.4 Å². The first-order chi connectivity index (χ1) is 17.1. The monoisotopic (exact) mass is 578 g/mol. The molecule has 1 unspecified atom stereocenters. The van der Waals surface area contributed by atoms with Crippen LogP contribution in [0.5, 0.6) is 0 Å². The van der Waals surface area contributed by atoms with Crippen molar-refractivity contribution in [2.45, 2.75) is 160 Å². The minimum Gasteiger partial charge on any atom is -0.549 e. The molecule has 0 bridgehead atoms. The molecule has 0 rings (SSSR count). The van der Waals surface area contributed by atoms with E-state index >= 15 is 0 Å². The molecule has 0 aromatic carbocycles. The Kier molecular flexibility index (Phi) is 27.9. The number of carbonyl (C=O) groups is 2. The van der Waals surface area contributed by atoms with Crippen LogP contribution < -0.4 is 69.3 Å². The standard InChI is InChI=1S/C28H54O7S.2Na/c1-4-7-10-13-16-19-22-27(25(29)30,23-20-17-14-11-8-5-2)28(26(31)32,36(33,34)35)24-21-18-15-12-9-6-3;;/h4-24H2,1-3H3,(H,29,30)(H,31,32)(H,33,34,35);;/q;2*+1/p-2. The maximum atomic E-state index is 12.8. The van der Waals surface area contributed by atoms with E-state index in [4.69, 9.17) is 0 Å². The molecule has 1 atom stereocenters. The van der Waals surface area contributed by atoms with Crippen molar-refractivity contribution in [2.24, 2.45) is 5.41 Å². The Hall–Kier alpha value is 0.850. The average molecular weight is 579 g/mol. The maximum Gasteiger partial charge on any atom is 1.00 e. The number of carbonyl (C=O) groups excluding carboxylic acids is 2. The summed E-state index contributed by atoms with van der Waals surface area (Å²) in [7, 11) is -5.31. The molecule has 0 aliphatic rings. The summed E-state index contributed by atoms with van der Waals surface area (Å²) in [6.07, 6.45) is 13.6. The van der Waals surface area contributed by atoms with Crippen molar-refractivity contribution >= 4 is 22.1 Å². The molecular weight excluding hydrogens is 526 g/mol. The summed E-state index contributed by atoms with van der Waals surface area (Å²) in [5, 5.41) is 25.3. The number of carboxylic acid groups (broad SMARTS) is 2. The second-order valence-electron chi connectivity index (χ2n) is 10.5. The van der Waals surface area contributed by atoms with Crippen molar-refractivity contribution in [1.29, 1.82) is 0 Å². The number of carboxylic acids is 2. The Morgan fingerprint density at radius 2 is 0.842 bits per heavy atom. The van der Waals surface area contributed by atoms with Gasteiger partial charge in [-0.3, -0.25) is 4.55 Å². The first-order valence-electron chi connectivity index (χ1n) is 14.5. The Morgan fingerprint density at radius 3 is 1.11 bits per heavy atom. The van der Waals surface area contributed by atoms with Crippen LogP contribution in [0.15, 0.2) is 0 Å². The van der Waals surface area contributed by atoms with Crippen LogP contribution in [-0.4, -0.2) is 29.7 Å². The van der Waals surface area contributed by atoms with Crippen molar-refractivity contribution in [2.75, 3.05) is 0 Å². The Morgan fingerprint density at radius 1 is 0.553 bits per heavy atom. The first kappa shape index (κ1) is 43.3. The summed E-state index contributed by atoms with van der Waals surface area (Å²) in [4.78, 5) is 25.3. The van der Waals surface area contributed by atoms with Gasteiger partial charge in [-0.2, -0.15) is 8.42 Å². The third-order valence-electron chi connectivity index (χ3n) is 7.73. The normalized spacial score (nSPS) is 13.3. The van der Waals surface area contributed by atoms with Gasteiger partial charge in [-0.1, -0.05) is 136 Å². The molecule has 0 aliphatic heterocycles. The van der Waals surface area contributed by atoms with Crippen LogP contribution in [0.2, 0.25) is 0 Å². The summed E-state index contributed by atoms with van der Waals surface area (Å²) in [6.45, 7) is 6.24. The zero-order valence-corrected chi connectivity index (χ0v) is 30.0. The smallest absolute Gasteiger partial charge is 0.549 e. The topological polar surface area (TPSA) is 135 Å². The van der Waals surface area contributed by atoms with E-state index < -0.39 is 38.6 Å². The molecule has 1 N–H and O–H groups in total. The molecule has 0 aliphatic carbocycles. The van der Waals surface area contributed by atoms with Crippen molar-refractivity contribution in [1.82, 2.24) is 0 Å². The van der Waals surface area contributed by atoms with E-state index in [0.717, 1.165) is 77.0 Å². The van der Waals surface area contributed by atoms with Crippen LogP contribution in [0.1, 0.15) is 156 Å². The van der Waals surface area contributed by atoms with Crippen LogP contribution in [0.4, 0.5) is 0 Å². The molecule has 0 aromatic heterocycles. The minimum atomic E-state index is -5.31. The van der Waals surface area contributed by atoms with Gasteiger partial charge in [0.25, 0.3) is 10.1 Å². The zero-order valence-electron chi connectivity index (χ0n) is 25.2. The third kappa shape index (κ3) is 14.2. The SMILES string of the molecule is CCCCCCCCC(CCCCCCCC)(C(=O)[O-])C(CCCCCCCC)(C(=O)[O-])S(=O)(=O)O.[Na+].[Na+]. The van der Waals surface area contributed by atoms with Gasteiger partial charge in [0.15, 0.2) is 0 Å². The molecule has 10 heteroatoms. The van der Waals surface area contributed by atoms with Crippen LogP contribution in [0, 0.1) is 5.41 Å². The second-order valence-corrected chi connectivity index (χ2v) is 12.2. The van der Waals surface area contributed by atoms with Gasteiger partial charge in [0.1, 0.15) is 4.75 Å². The van der Waals surface area contributed by atoms with Gasteiger partial charge in [0.05, 0.1) is 5.97 Å². The van der Waals surface area contributed by atoms with Gasteiger partial charge in [-0.25, -0.2) is 0 Å². The summed E-state index contributed by atoms with van der Waals surface area (Å²) < 4.78 is 33.0. The predicted octanol–water partition coefficient (Wildman–Crippen LogP) is -0.641. The number of hydrogen-bond donors (Lipinski definition) is 1. The summed E-state index contributed by atoms with van der Waals surface area (Å²) in [6, 6.07) is 0. The Balaban J connectivity index is -0.00000612. The van der Waals surface area contributed by atoms with Crippen LogP contribution in [0.25, 0.3) is 0 Å². The van der Waals surface area contributed by atoms with Gasteiger partial charge in [-0.15, -0.1) is 0 Å². The number of aliphatic carboxylic acids is 2.